The van der Waals surface area contributed by atoms with Crippen LogP contribution in [-0.2, 0) is 99.7 Å². The summed E-state index contributed by atoms with van der Waals surface area (Å²) in [4.78, 5) is 34.9. The van der Waals surface area contributed by atoms with Crippen molar-refractivity contribution >= 4 is 53.0 Å². The van der Waals surface area contributed by atoms with E-state index in [9.17, 15) is 0 Å². The first-order chi connectivity index (χ1) is 64.5. The maximum Gasteiger partial charge on any atom is 0.0799 e. The Labute approximate surface area is 831 Å². The van der Waals surface area contributed by atoms with Gasteiger partial charge < -0.3 is 39.9 Å². The average Bonchev–Trinajstić information content (AvgIpc) is 0.621. The molecule has 126 heavy (non-hydrogen) atoms. The van der Waals surface area contributed by atoms with Crippen LogP contribution in [0.5, 0.6) is 0 Å². The summed E-state index contributed by atoms with van der Waals surface area (Å²) in [5.74, 6) is 0.534. The molecule has 16 heteroatoms. The third kappa shape index (κ3) is 34.9. The standard InChI is InChI=1S/2C17H22NSi.2C16H20NSi.4C11H8N.4Ir/c1-13(2)15-11-16(14-9-7-6-8-10-14)18-12-17(15)19(3,4)5;1-5-9-15-12-16(14-10-7-6-8-11-14)18-13-17(15)19(2,3)4;2*1-5-13-11-15(14-9-7-6-8-10-14)17-12-16(13)18(2,3)4;4*1-2-6-10(7-3-1)11-8-4-5-9-12-11;;;;/h6-9,11-13H,1-5H3;6-8,10,12-13H,5,9H2,1-4H3;2*6-9,11-12H,5H2,1-4H3;4*1-6,8-9H;;;;/q8*-1;;;;/i;;;;2*1D,2D,3D,6D;2*1D,2D,3D;;;;. The third-order valence-electron chi connectivity index (χ3n) is 18.8. The van der Waals surface area contributed by atoms with Gasteiger partial charge in [-0.15, -0.1) is 287 Å². The zero-order valence-electron chi connectivity index (χ0n) is 88.6. The van der Waals surface area contributed by atoms with Crippen molar-refractivity contribution in [3.63, 3.8) is 0 Å². The third-order valence-corrected chi connectivity index (χ3v) is 27.0. The van der Waals surface area contributed by atoms with Crippen molar-refractivity contribution in [2.45, 2.75) is 145 Å². The van der Waals surface area contributed by atoms with Gasteiger partial charge in [0.2, 0.25) is 0 Å². The summed E-state index contributed by atoms with van der Waals surface area (Å²) in [5.41, 5.74) is 18.4. The molecular weight excluding hydrogens is 2310 g/mol. The first-order valence-corrected chi connectivity index (χ1v) is 55.1. The van der Waals surface area contributed by atoms with Crippen molar-refractivity contribution in [1.82, 2.24) is 39.9 Å². The van der Waals surface area contributed by atoms with Crippen molar-refractivity contribution in [1.29, 1.82) is 0 Å². The van der Waals surface area contributed by atoms with Gasteiger partial charge in [-0.25, -0.2) is 0 Å². The van der Waals surface area contributed by atoms with E-state index in [2.05, 4.69) is 275 Å². The molecule has 0 saturated heterocycles. The summed E-state index contributed by atoms with van der Waals surface area (Å²) >= 11 is 0. The molecule has 0 fully saturated rings. The number of aryl methyl sites for hydroxylation is 3. The topological polar surface area (TPSA) is 103 Å². The number of pyridine rings is 8. The van der Waals surface area contributed by atoms with Crippen LogP contribution in [0.1, 0.15) is 88.4 Å². The van der Waals surface area contributed by atoms with Gasteiger partial charge >= 0.3 is 0 Å². The molecule has 656 valence electrons. The van der Waals surface area contributed by atoms with Crippen molar-refractivity contribution in [3.8, 4) is 90.1 Å². The van der Waals surface area contributed by atoms with Crippen LogP contribution in [-0.4, -0.2) is 72.2 Å². The Kier molecular flexibility index (Phi) is 37.6. The van der Waals surface area contributed by atoms with E-state index in [1.54, 1.807) is 85.5 Å². The molecule has 8 nitrogen and oxygen atoms in total. The molecule has 0 amide bonds. The Morgan fingerprint density at radius 2 is 0.548 bits per heavy atom. The van der Waals surface area contributed by atoms with Gasteiger partial charge in [0.25, 0.3) is 0 Å². The summed E-state index contributed by atoms with van der Waals surface area (Å²) in [6, 6.07) is 87.1. The molecule has 0 aliphatic carbocycles. The van der Waals surface area contributed by atoms with Gasteiger partial charge in [-0.05, 0) is 124 Å². The minimum absolute atomic E-state index is 0. The maximum atomic E-state index is 7.71. The second kappa shape index (κ2) is 55.2. The average molecular weight is 2450 g/mol. The van der Waals surface area contributed by atoms with E-state index in [0.717, 1.165) is 64.3 Å². The largest absolute Gasteiger partial charge is 0.305 e. The van der Waals surface area contributed by atoms with E-state index in [1.807, 2.05) is 84.9 Å². The second-order valence-electron chi connectivity index (χ2n) is 32.6. The Bertz CT molecular complexity index is 6250. The van der Waals surface area contributed by atoms with Gasteiger partial charge in [-0.3, -0.25) is 0 Å². The van der Waals surface area contributed by atoms with Crippen LogP contribution in [0.25, 0.3) is 90.1 Å². The molecule has 0 aliphatic heterocycles. The molecular formula is C110H116Ir4N8Si4-8. The number of rotatable bonds is 17. The van der Waals surface area contributed by atoms with E-state index in [0.29, 0.717) is 50.9 Å². The van der Waals surface area contributed by atoms with Crippen LogP contribution in [0.15, 0.2) is 340 Å². The van der Waals surface area contributed by atoms with Gasteiger partial charge in [0, 0.05) is 141 Å². The number of nitrogens with zero attached hydrogens (tertiary/aromatic N) is 8. The summed E-state index contributed by atoms with van der Waals surface area (Å²) in [5, 5.41) is 5.92. The van der Waals surface area contributed by atoms with Crippen molar-refractivity contribution in [2.24, 2.45) is 0 Å². The molecule has 8 aromatic carbocycles. The van der Waals surface area contributed by atoms with Crippen molar-refractivity contribution < 1.29 is 99.6 Å². The molecule has 0 spiro atoms. The fraction of sp³-hybridized carbons (Fsp3) is 0.200. The molecule has 0 aliphatic rings. The smallest absolute Gasteiger partial charge is 0.0799 e. The number of hydrogen-bond donors (Lipinski definition) is 0. The normalized spacial score (nSPS) is 12.1. The molecule has 8 aromatic heterocycles. The number of aromatic nitrogens is 8. The molecule has 0 N–H and O–H groups in total. The quantitative estimate of drug-likeness (QED) is 0.0656. The van der Waals surface area contributed by atoms with Gasteiger partial charge in [0.1, 0.15) is 0 Å². The van der Waals surface area contributed by atoms with Crippen LogP contribution >= 0.6 is 0 Å². The first-order valence-electron chi connectivity index (χ1n) is 48.1. The summed E-state index contributed by atoms with van der Waals surface area (Å²) in [6.07, 6.45) is 19.3. The predicted molar refractivity (Wildman–Crippen MR) is 527 cm³/mol. The molecule has 4 radical (unpaired) electrons. The van der Waals surface area contributed by atoms with Gasteiger partial charge in [-0.1, -0.05) is 215 Å². The van der Waals surface area contributed by atoms with Gasteiger partial charge in [0.15, 0.2) is 0 Å². The minimum atomic E-state index is -1.34. The first kappa shape index (κ1) is 85.8. The number of benzene rings is 8. The Balaban J connectivity index is 0.000000281. The fourth-order valence-electron chi connectivity index (χ4n) is 12.6. The molecule has 16 aromatic rings. The van der Waals surface area contributed by atoms with E-state index in [-0.39, 0.29) is 165 Å². The summed E-state index contributed by atoms with van der Waals surface area (Å²) < 4.78 is 105. The molecule has 8 heterocycles. The Morgan fingerprint density at radius 3 is 0.817 bits per heavy atom. The van der Waals surface area contributed by atoms with Gasteiger partial charge in [0.05, 0.1) is 32.3 Å². The van der Waals surface area contributed by atoms with E-state index in [4.69, 9.17) is 19.2 Å². The summed E-state index contributed by atoms with van der Waals surface area (Å²) in [6.45, 7) is 39.7. The van der Waals surface area contributed by atoms with Crippen LogP contribution in [0.3, 0.4) is 0 Å². The Morgan fingerprint density at radius 1 is 0.278 bits per heavy atom. The summed E-state index contributed by atoms with van der Waals surface area (Å²) in [7, 11) is -5.24. The molecule has 16 rings (SSSR count). The maximum absolute atomic E-state index is 7.71. The zero-order chi connectivity index (χ0) is 99.4. The van der Waals surface area contributed by atoms with Crippen LogP contribution in [0.4, 0.5) is 0 Å². The van der Waals surface area contributed by atoms with Crippen LogP contribution in [0, 0.1) is 48.5 Å². The zero-order valence-corrected chi connectivity index (χ0v) is 88.1. The van der Waals surface area contributed by atoms with Crippen molar-refractivity contribution in [2.75, 3.05) is 0 Å². The van der Waals surface area contributed by atoms with E-state index < -0.39 is 32.3 Å². The van der Waals surface area contributed by atoms with Gasteiger partial charge in [-0.2, -0.15) is 0 Å². The molecule has 0 unspecified atom stereocenters. The van der Waals surface area contributed by atoms with Crippen molar-refractivity contribution in [3.05, 3.63) is 411 Å². The van der Waals surface area contributed by atoms with Crippen LogP contribution in [0.2, 0.25) is 78.6 Å². The van der Waals surface area contributed by atoms with E-state index >= 15 is 0 Å². The number of hydrogen-bond acceptors (Lipinski definition) is 8. The Hall–Kier alpha value is -9.58. The predicted octanol–water partition coefficient (Wildman–Crippen LogP) is 25.8. The van der Waals surface area contributed by atoms with E-state index in [1.165, 1.54) is 61.6 Å². The molecule has 0 bridgehead atoms. The fourth-order valence-corrected chi connectivity index (χ4v) is 19.2. The minimum Gasteiger partial charge on any atom is -0.305 e. The molecule has 0 saturated carbocycles. The molecule has 0 atom stereocenters. The second-order valence-corrected chi connectivity index (χ2v) is 52.7. The monoisotopic (exact) mass is 2450 g/mol. The SMILES string of the molecule is CC(C)c1cc(-c2[c-]cccc2)ncc1[Si](C)(C)C.CCCc1cc(-c2[c-]cccc2)ncc1[Si](C)(C)C.CCc1cc(-c2[c-]cccc2)ncc1[Si](C)(C)C.CCc1cc(-c2[c-]cccc2)ncc1[Si](C)(C)C.[2H]c1[c-]c(-c2ccccn2)c([2H])c([2H])c1[2H].[2H]c1[c-]c(-c2ccccn2)c([2H])c([2H])c1[2H].[2H]c1[c-]c(-c2ccccn2)cc([2H])c1[2H].[2H]c1[c-]c(-c2ccccn2)cc([2H])c1[2H].[Ir].[Ir].[Ir].[Ir]. The van der Waals surface area contributed by atoms with Crippen LogP contribution < -0.4 is 20.7 Å².